The summed E-state index contributed by atoms with van der Waals surface area (Å²) < 4.78 is 0. The molecule has 0 aromatic heterocycles. The van der Waals surface area contributed by atoms with Crippen LogP contribution in [0.2, 0.25) is 0 Å². The molecular formula is C16H24ClN3O2. The highest BCUT2D eigenvalue weighted by Crippen LogP contribution is 2.24. The van der Waals surface area contributed by atoms with Gasteiger partial charge in [0.2, 0.25) is 5.91 Å². The van der Waals surface area contributed by atoms with Gasteiger partial charge in [0.05, 0.1) is 0 Å². The largest absolute Gasteiger partial charge is 0.349 e. The Morgan fingerprint density at radius 3 is 2.41 bits per heavy atom. The Bertz CT molecular complexity index is 505. The molecule has 0 radical (unpaired) electrons. The molecule has 22 heavy (non-hydrogen) atoms. The van der Waals surface area contributed by atoms with Crippen LogP contribution in [0.3, 0.4) is 0 Å². The number of benzene rings is 1. The van der Waals surface area contributed by atoms with E-state index in [1.54, 1.807) is 24.3 Å². The molecule has 1 saturated carbocycles. The van der Waals surface area contributed by atoms with Gasteiger partial charge in [0.25, 0.3) is 5.91 Å². The number of hydrogen-bond donors (Lipinski definition) is 3. The van der Waals surface area contributed by atoms with E-state index in [9.17, 15) is 9.59 Å². The molecule has 1 aromatic carbocycles. The van der Waals surface area contributed by atoms with Crippen LogP contribution in [-0.2, 0) is 4.79 Å². The van der Waals surface area contributed by atoms with Crippen LogP contribution >= 0.6 is 12.4 Å². The van der Waals surface area contributed by atoms with Gasteiger partial charge in [-0.15, -0.1) is 12.4 Å². The Kier molecular flexibility index (Phi) is 7.35. The maximum Gasteiger partial charge on any atom is 0.251 e. The fraction of sp³-hybridized carbons (Fsp3) is 0.500. The van der Waals surface area contributed by atoms with Crippen molar-refractivity contribution in [3.63, 3.8) is 0 Å². The Labute approximate surface area is 137 Å². The number of anilines is 1. The van der Waals surface area contributed by atoms with Crippen LogP contribution in [0.4, 0.5) is 5.69 Å². The molecule has 0 heterocycles. The van der Waals surface area contributed by atoms with E-state index in [0.29, 0.717) is 23.7 Å². The summed E-state index contributed by atoms with van der Waals surface area (Å²) in [5.74, 6) is 0.177. The molecule has 5 nitrogen and oxygen atoms in total. The third-order valence-corrected chi connectivity index (χ3v) is 4.00. The summed E-state index contributed by atoms with van der Waals surface area (Å²) in [6, 6.07) is 7.09. The Morgan fingerprint density at radius 1 is 1.18 bits per heavy atom. The van der Waals surface area contributed by atoms with Gasteiger partial charge in [0, 0.05) is 24.2 Å². The van der Waals surface area contributed by atoms with Crippen LogP contribution in [0.5, 0.6) is 0 Å². The molecule has 2 amide bonds. The van der Waals surface area contributed by atoms with Gasteiger partial charge in [-0.2, -0.15) is 0 Å². The summed E-state index contributed by atoms with van der Waals surface area (Å²) in [5.41, 5.74) is 7.08. The quantitative estimate of drug-likeness (QED) is 0.794. The summed E-state index contributed by atoms with van der Waals surface area (Å²) in [6.45, 7) is 2.07. The molecule has 122 valence electrons. The number of nitrogens with one attached hydrogen (secondary N) is 2. The van der Waals surface area contributed by atoms with Gasteiger partial charge in [-0.3, -0.25) is 9.59 Å². The van der Waals surface area contributed by atoms with E-state index in [2.05, 4.69) is 10.6 Å². The topological polar surface area (TPSA) is 84.2 Å². The smallest absolute Gasteiger partial charge is 0.251 e. The van der Waals surface area contributed by atoms with E-state index in [4.69, 9.17) is 5.73 Å². The summed E-state index contributed by atoms with van der Waals surface area (Å²) in [6.07, 6.45) is 4.42. The summed E-state index contributed by atoms with van der Waals surface area (Å²) in [4.78, 5) is 23.2. The zero-order valence-corrected chi connectivity index (χ0v) is 13.6. The second-order valence-corrected chi connectivity index (χ2v) is 5.62. The molecule has 1 aliphatic rings. The van der Waals surface area contributed by atoms with Gasteiger partial charge >= 0.3 is 0 Å². The van der Waals surface area contributed by atoms with E-state index < -0.39 is 0 Å². The average molecular weight is 326 g/mol. The lowest BCUT2D eigenvalue weighted by molar-refractivity contribution is -0.114. The Balaban J connectivity index is 0.00000242. The molecule has 0 saturated heterocycles. The van der Waals surface area contributed by atoms with Crippen molar-refractivity contribution in [2.75, 3.05) is 11.9 Å². The number of carbonyl (C=O) groups excluding carboxylic acids is 2. The van der Waals surface area contributed by atoms with E-state index in [0.717, 1.165) is 19.3 Å². The second kappa shape index (κ2) is 8.76. The van der Waals surface area contributed by atoms with Crippen molar-refractivity contribution in [1.29, 1.82) is 0 Å². The molecule has 0 aliphatic heterocycles. The lowest BCUT2D eigenvalue weighted by Crippen LogP contribution is -2.44. The van der Waals surface area contributed by atoms with Gasteiger partial charge in [0.15, 0.2) is 0 Å². The van der Waals surface area contributed by atoms with Crippen molar-refractivity contribution in [3.8, 4) is 0 Å². The lowest BCUT2D eigenvalue weighted by atomic mass is 9.84. The number of halogens is 1. The highest BCUT2D eigenvalue weighted by molar-refractivity contribution is 5.95. The maximum atomic E-state index is 12.3. The maximum absolute atomic E-state index is 12.3. The van der Waals surface area contributed by atoms with E-state index in [-0.39, 0.29) is 30.3 Å². The first kappa shape index (κ1) is 18.5. The highest BCUT2D eigenvalue weighted by Gasteiger charge is 2.25. The molecule has 6 heteroatoms. The molecule has 1 aromatic rings. The first-order chi connectivity index (χ1) is 10.1. The third-order valence-electron chi connectivity index (χ3n) is 4.00. The van der Waals surface area contributed by atoms with E-state index >= 15 is 0 Å². The van der Waals surface area contributed by atoms with E-state index in [1.165, 1.54) is 13.3 Å². The van der Waals surface area contributed by atoms with E-state index in [1.807, 2.05) is 0 Å². The summed E-state index contributed by atoms with van der Waals surface area (Å²) in [5, 5.41) is 5.77. The van der Waals surface area contributed by atoms with Crippen LogP contribution in [0.15, 0.2) is 24.3 Å². The van der Waals surface area contributed by atoms with Crippen LogP contribution in [0, 0.1) is 5.92 Å². The Morgan fingerprint density at radius 2 is 1.82 bits per heavy atom. The second-order valence-electron chi connectivity index (χ2n) is 5.62. The molecule has 2 atom stereocenters. The molecular weight excluding hydrogens is 302 g/mol. The monoisotopic (exact) mass is 325 g/mol. The van der Waals surface area contributed by atoms with Crippen molar-refractivity contribution in [2.45, 2.75) is 38.6 Å². The fourth-order valence-electron chi connectivity index (χ4n) is 2.84. The number of hydrogen-bond acceptors (Lipinski definition) is 3. The van der Waals surface area contributed by atoms with Crippen molar-refractivity contribution >= 4 is 29.9 Å². The number of carbonyl (C=O) groups is 2. The molecule has 1 fully saturated rings. The molecule has 0 spiro atoms. The molecule has 0 bridgehead atoms. The lowest BCUT2D eigenvalue weighted by Gasteiger charge is -2.31. The zero-order valence-electron chi connectivity index (χ0n) is 12.8. The van der Waals surface area contributed by atoms with Crippen molar-refractivity contribution in [1.82, 2.24) is 5.32 Å². The van der Waals surface area contributed by atoms with Gasteiger partial charge in [-0.05, 0) is 49.6 Å². The minimum absolute atomic E-state index is 0. The molecule has 1 aliphatic carbocycles. The predicted molar refractivity (Wildman–Crippen MR) is 90.3 cm³/mol. The number of nitrogens with two attached hydrogens (primary N) is 1. The molecule has 4 N–H and O–H groups in total. The first-order valence-corrected chi connectivity index (χ1v) is 7.48. The van der Waals surface area contributed by atoms with Gasteiger partial charge in [-0.25, -0.2) is 0 Å². The predicted octanol–water partition coefficient (Wildman–Crippen LogP) is 2.31. The van der Waals surface area contributed by atoms with Crippen LogP contribution in [0.25, 0.3) is 0 Å². The zero-order chi connectivity index (χ0) is 15.2. The number of amides is 2. The molecule has 2 rings (SSSR count). The van der Waals surface area contributed by atoms with Gasteiger partial charge < -0.3 is 16.4 Å². The summed E-state index contributed by atoms with van der Waals surface area (Å²) in [7, 11) is 0. The minimum atomic E-state index is -0.125. The van der Waals surface area contributed by atoms with Crippen molar-refractivity contribution in [2.24, 2.45) is 11.7 Å². The van der Waals surface area contributed by atoms with Crippen LogP contribution in [-0.4, -0.2) is 24.4 Å². The number of rotatable bonds is 4. The van der Waals surface area contributed by atoms with Crippen LogP contribution in [0.1, 0.15) is 43.0 Å². The van der Waals surface area contributed by atoms with Crippen LogP contribution < -0.4 is 16.4 Å². The fourth-order valence-corrected chi connectivity index (χ4v) is 2.84. The van der Waals surface area contributed by atoms with Gasteiger partial charge in [-0.1, -0.05) is 12.8 Å². The molecule has 2 unspecified atom stereocenters. The standard InChI is InChI=1S/C16H23N3O2.ClH/c1-11(20)18-14-8-6-12(7-9-14)16(21)19-15-5-3-2-4-13(15)10-17;/h6-9,13,15H,2-5,10,17H2,1H3,(H,18,20)(H,19,21);1H. The normalized spacial score (nSPS) is 20.6. The Hall–Kier alpha value is -1.59. The summed E-state index contributed by atoms with van der Waals surface area (Å²) >= 11 is 0. The van der Waals surface area contributed by atoms with Crippen molar-refractivity contribution in [3.05, 3.63) is 29.8 Å². The van der Waals surface area contributed by atoms with Gasteiger partial charge in [0.1, 0.15) is 0 Å². The average Bonchev–Trinajstić information content (AvgIpc) is 2.48. The minimum Gasteiger partial charge on any atom is -0.349 e. The SMILES string of the molecule is CC(=O)Nc1ccc(C(=O)NC2CCCCC2CN)cc1.Cl. The van der Waals surface area contributed by atoms with Crippen molar-refractivity contribution < 1.29 is 9.59 Å². The first-order valence-electron chi connectivity index (χ1n) is 7.48. The highest BCUT2D eigenvalue weighted by atomic mass is 35.5. The third kappa shape index (κ3) is 5.00.